The van der Waals surface area contributed by atoms with Crippen molar-refractivity contribution < 1.29 is 18.7 Å². The first-order chi connectivity index (χ1) is 14.9. The Labute approximate surface area is 191 Å². The summed E-state index contributed by atoms with van der Waals surface area (Å²) in [5.74, 6) is 0.193. The molecule has 168 valence electrons. The zero-order valence-electron chi connectivity index (χ0n) is 17.5. The van der Waals surface area contributed by atoms with E-state index in [4.69, 9.17) is 32.7 Å². The lowest BCUT2D eigenvalue weighted by Crippen LogP contribution is -2.46. The highest BCUT2D eigenvalue weighted by molar-refractivity contribution is 6.35. The van der Waals surface area contributed by atoms with Crippen LogP contribution in [0.5, 0.6) is 5.75 Å². The summed E-state index contributed by atoms with van der Waals surface area (Å²) in [6, 6.07) is 9.49. The van der Waals surface area contributed by atoms with Crippen molar-refractivity contribution in [3.63, 3.8) is 0 Å². The number of morpholine rings is 1. The van der Waals surface area contributed by atoms with Gasteiger partial charge in [-0.3, -0.25) is 4.90 Å². The molecule has 31 heavy (non-hydrogen) atoms. The third-order valence-corrected chi connectivity index (χ3v) is 5.91. The van der Waals surface area contributed by atoms with Gasteiger partial charge in [0.1, 0.15) is 11.6 Å². The fourth-order valence-electron chi connectivity index (χ4n) is 3.56. The van der Waals surface area contributed by atoms with E-state index < -0.39 is 11.9 Å². The molecule has 2 unspecified atom stereocenters. The summed E-state index contributed by atoms with van der Waals surface area (Å²) in [6.45, 7) is 4.98. The van der Waals surface area contributed by atoms with E-state index in [-0.39, 0.29) is 17.1 Å². The van der Waals surface area contributed by atoms with E-state index in [1.165, 1.54) is 12.1 Å². The number of hydrogen-bond acceptors (Lipinski definition) is 4. The van der Waals surface area contributed by atoms with Gasteiger partial charge in [0.2, 0.25) is 0 Å². The standard InChI is InChI=1S/C22H26Cl2FN3O3/c1-14(17-11-20(25)19(24)12-18(17)23)27-22(29)26-13-21(28-7-9-31-10-8-28)15-3-5-16(30-2)6-4-15/h3-6,11-12,14,21H,7-10,13H2,1-2H3,(H2,26,27,29). The Morgan fingerprint density at radius 3 is 2.52 bits per heavy atom. The van der Waals surface area contributed by atoms with E-state index in [0.717, 1.165) is 24.4 Å². The first-order valence-electron chi connectivity index (χ1n) is 10.0. The van der Waals surface area contributed by atoms with Crippen molar-refractivity contribution in [2.45, 2.75) is 19.0 Å². The fourth-order valence-corrected chi connectivity index (χ4v) is 4.10. The highest BCUT2D eigenvalue weighted by atomic mass is 35.5. The van der Waals surface area contributed by atoms with Crippen molar-refractivity contribution in [3.8, 4) is 5.75 Å². The topological polar surface area (TPSA) is 62.8 Å². The second-order valence-corrected chi connectivity index (χ2v) is 8.12. The predicted octanol–water partition coefficient (Wildman–Crippen LogP) is 4.57. The van der Waals surface area contributed by atoms with Crippen LogP contribution in [-0.2, 0) is 4.74 Å². The second kappa shape index (κ2) is 11.0. The quantitative estimate of drug-likeness (QED) is 0.582. The number of benzene rings is 2. The van der Waals surface area contributed by atoms with Crippen LogP contribution >= 0.6 is 23.2 Å². The Bertz CT molecular complexity index is 892. The lowest BCUT2D eigenvalue weighted by atomic mass is 10.0. The van der Waals surface area contributed by atoms with E-state index in [1.54, 1.807) is 14.0 Å². The number of rotatable bonds is 7. The van der Waals surface area contributed by atoms with Crippen molar-refractivity contribution in [1.82, 2.24) is 15.5 Å². The average molecular weight is 470 g/mol. The molecule has 2 atom stereocenters. The maximum Gasteiger partial charge on any atom is 0.315 e. The van der Waals surface area contributed by atoms with Gasteiger partial charge in [-0.1, -0.05) is 35.3 Å². The Balaban J connectivity index is 1.66. The van der Waals surface area contributed by atoms with Crippen molar-refractivity contribution in [3.05, 3.63) is 63.4 Å². The Morgan fingerprint density at radius 1 is 1.19 bits per heavy atom. The Hall–Kier alpha value is -2.06. The number of urea groups is 1. The minimum Gasteiger partial charge on any atom is -0.497 e. The van der Waals surface area contributed by atoms with Gasteiger partial charge in [0.05, 0.1) is 37.4 Å². The number of halogens is 3. The zero-order chi connectivity index (χ0) is 22.4. The van der Waals surface area contributed by atoms with Gasteiger partial charge >= 0.3 is 6.03 Å². The summed E-state index contributed by atoms with van der Waals surface area (Å²) >= 11 is 11.9. The average Bonchev–Trinajstić information content (AvgIpc) is 2.77. The number of amides is 2. The molecule has 1 fully saturated rings. The van der Waals surface area contributed by atoms with E-state index in [2.05, 4.69) is 15.5 Å². The largest absolute Gasteiger partial charge is 0.497 e. The normalized spacial score (nSPS) is 16.4. The second-order valence-electron chi connectivity index (χ2n) is 7.30. The van der Waals surface area contributed by atoms with Crippen LogP contribution in [0.3, 0.4) is 0 Å². The molecule has 2 amide bonds. The molecule has 6 nitrogen and oxygen atoms in total. The molecule has 0 radical (unpaired) electrons. The van der Waals surface area contributed by atoms with Crippen LogP contribution in [0.15, 0.2) is 36.4 Å². The van der Waals surface area contributed by atoms with E-state index in [0.29, 0.717) is 30.3 Å². The molecule has 9 heteroatoms. The van der Waals surface area contributed by atoms with Crippen molar-refractivity contribution >= 4 is 29.2 Å². The highest BCUT2D eigenvalue weighted by Crippen LogP contribution is 2.29. The van der Waals surface area contributed by atoms with Crippen molar-refractivity contribution in [2.24, 2.45) is 0 Å². The molecule has 0 saturated carbocycles. The van der Waals surface area contributed by atoms with Gasteiger partial charge in [-0.05, 0) is 42.3 Å². The van der Waals surface area contributed by atoms with Crippen molar-refractivity contribution in [2.75, 3.05) is 40.0 Å². The third-order valence-electron chi connectivity index (χ3n) is 5.30. The SMILES string of the molecule is COc1ccc(C(CNC(=O)NC(C)c2cc(F)c(Cl)cc2Cl)N2CCOCC2)cc1. The number of nitrogens with zero attached hydrogens (tertiary/aromatic N) is 1. The molecule has 0 aromatic heterocycles. The van der Waals surface area contributed by atoms with Gasteiger partial charge in [0.15, 0.2) is 0 Å². The molecule has 0 bridgehead atoms. The summed E-state index contributed by atoms with van der Waals surface area (Å²) in [6.07, 6.45) is 0. The van der Waals surface area contributed by atoms with Crippen LogP contribution in [-0.4, -0.2) is 50.9 Å². The molecular formula is C22H26Cl2FN3O3. The summed E-state index contributed by atoms with van der Waals surface area (Å²) in [4.78, 5) is 14.8. The number of nitrogens with one attached hydrogen (secondary N) is 2. The number of hydrogen-bond donors (Lipinski definition) is 2. The van der Waals surface area contributed by atoms with Crippen LogP contribution in [0.4, 0.5) is 9.18 Å². The van der Waals surface area contributed by atoms with E-state index in [1.807, 2.05) is 24.3 Å². The monoisotopic (exact) mass is 469 g/mol. The molecule has 2 aromatic carbocycles. The van der Waals surface area contributed by atoms with Crippen LogP contribution in [0, 0.1) is 5.82 Å². The van der Waals surface area contributed by atoms with Gasteiger partial charge in [-0.15, -0.1) is 0 Å². The minimum absolute atomic E-state index is 0.0209. The predicted molar refractivity (Wildman–Crippen MR) is 119 cm³/mol. The molecule has 3 rings (SSSR count). The summed E-state index contributed by atoms with van der Waals surface area (Å²) < 4.78 is 24.5. The summed E-state index contributed by atoms with van der Waals surface area (Å²) in [5, 5.41) is 5.97. The maximum absolute atomic E-state index is 13.8. The zero-order valence-corrected chi connectivity index (χ0v) is 19.0. The first kappa shape index (κ1) is 23.6. The van der Waals surface area contributed by atoms with E-state index in [9.17, 15) is 9.18 Å². The fraction of sp³-hybridized carbons (Fsp3) is 0.409. The summed E-state index contributed by atoms with van der Waals surface area (Å²) in [7, 11) is 1.63. The van der Waals surface area contributed by atoms with Gasteiger partial charge in [0, 0.05) is 24.7 Å². The van der Waals surface area contributed by atoms with Gasteiger partial charge < -0.3 is 20.1 Å². The van der Waals surface area contributed by atoms with Crippen LogP contribution in [0.2, 0.25) is 10.0 Å². The molecule has 0 aliphatic carbocycles. The molecular weight excluding hydrogens is 444 g/mol. The highest BCUT2D eigenvalue weighted by Gasteiger charge is 2.24. The molecule has 2 aromatic rings. The molecule has 1 aliphatic rings. The number of ether oxygens (including phenoxy) is 2. The Morgan fingerprint density at radius 2 is 1.87 bits per heavy atom. The minimum atomic E-state index is -0.581. The number of carbonyl (C=O) groups is 1. The molecule has 1 aliphatic heterocycles. The van der Waals surface area contributed by atoms with Crippen LogP contribution in [0.1, 0.15) is 30.1 Å². The molecule has 1 saturated heterocycles. The summed E-state index contributed by atoms with van der Waals surface area (Å²) in [5.41, 5.74) is 1.53. The van der Waals surface area contributed by atoms with Crippen LogP contribution < -0.4 is 15.4 Å². The molecule has 0 spiro atoms. The lowest BCUT2D eigenvalue weighted by Gasteiger charge is -2.35. The number of methoxy groups -OCH3 is 1. The van der Waals surface area contributed by atoms with Crippen LogP contribution in [0.25, 0.3) is 0 Å². The first-order valence-corrected chi connectivity index (χ1v) is 10.8. The third kappa shape index (κ3) is 6.23. The molecule has 1 heterocycles. The van der Waals surface area contributed by atoms with Gasteiger partial charge in [-0.2, -0.15) is 0 Å². The van der Waals surface area contributed by atoms with Crippen molar-refractivity contribution in [1.29, 1.82) is 0 Å². The maximum atomic E-state index is 13.8. The van der Waals surface area contributed by atoms with Gasteiger partial charge in [-0.25, -0.2) is 9.18 Å². The lowest BCUT2D eigenvalue weighted by molar-refractivity contribution is 0.0167. The smallest absolute Gasteiger partial charge is 0.315 e. The van der Waals surface area contributed by atoms with Gasteiger partial charge in [0.25, 0.3) is 0 Å². The molecule has 2 N–H and O–H groups in total. The Kier molecular flexibility index (Phi) is 8.37. The van der Waals surface area contributed by atoms with E-state index >= 15 is 0 Å². The number of carbonyl (C=O) groups excluding carboxylic acids is 1.